The van der Waals surface area contributed by atoms with Crippen LogP contribution in [0, 0.1) is 11.3 Å². The van der Waals surface area contributed by atoms with Crippen LogP contribution in [0.15, 0.2) is 18.3 Å². The predicted molar refractivity (Wildman–Crippen MR) is 59.2 cm³/mol. The van der Waals surface area contributed by atoms with Gasteiger partial charge in [-0.15, -0.1) is 0 Å². The maximum atomic E-state index is 4.48. The zero-order valence-corrected chi connectivity index (χ0v) is 9.38. The van der Waals surface area contributed by atoms with E-state index < -0.39 is 0 Å². The summed E-state index contributed by atoms with van der Waals surface area (Å²) in [6.07, 6.45) is 5.62. The Kier molecular flexibility index (Phi) is 2.34. The third-order valence-corrected chi connectivity index (χ3v) is 3.41. The molecular formula is C13H19N. The minimum atomic E-state index is 0.426. The lowest BCUT2D eigenvalue weighted by Gasteiger charge is -2.34. The van der Waals surface area contributed by atoms with Crippen LogP contribution in [0.2, 0.25) is 0 Å². The van der Waals surface area contributed by atoms with Gasteiger partial charge in [0.25, 0.3) is 0 Å². The van der Waals surface area contributed by atoms with Crippen LogP contribution in [0.4, 0.5) is 0 Å². The van der Waals surface area contributed by atoms with Gasteiger partial charge in [0.2, 0.25) is 0 Å². The molecule has 1 aliphatic carbocycles. The van der Waals surface area contributed by atoms with E-state index in [9.17, 15) is 0 Å². The molecule has 1 nitrogen and oxygen atoms in total. The molecule has 0 aliphatic heterocycles. The fraction of sp³-hybridized carbons (Fsp3) is 0.615. The molecule has 2 rings (SSSR count). The Morgan fingerprint density at radius 3 is 2.86 bits per heavy atom. The molecule has 0 unspecified atom stereocenters. The van der Waals surface area contributed by atoms with Crippen molar-refractivity contribution in [3.8, 4) is 0 Å². The second-order valence-corrected chi connectivity index (χ2v) is 5.41. The van der Waals surface area contributed by atoms with E-state index >= 15 is 0 Å². The molecular weight excluding hydrogens is 170 g/mol. The summed E-state index contributed by atoms with van der Waals surface area (Å²) in [6.45, 7) is 7.02. The molecule has 0 spiro atoms. The van der Waals surface area contributed by atoms with Crippen molar-refractivity contribution < 1.29 is 0 Å². The summed E-state index contributed by atoms with van der Waals surface area (Å²) >= 11 is 0. The highest BCUT2D eigenvalue weighted by atomic mass is 14.7. The van der Waals surface area contributed by atoms with E-state index in [1.54, 1.807) is 0 Å². The molecule has 0 amide bonds. The number of pyridine rings is 1. The lowest BCUT2D eigenvalue weighted by molar-refractivity contribution is 0.214. The van der Waals surface area contributed by atoms with Gasteiger partial charge in [0, 0.05) is 11.9 Å². The zero-order valence-electron chi connectivity index (χ0n) is 9.38. The van der Waals surface area contributed by atoms with Crippen LogP contribution in [-0.2, 0) is 12.8 Å². The van der Waals surface area contributed by atoms with E-state index in [-0.39, 0.29) is 0 Å². The molecule has 1 aliphatic rings. The van der Waals surface area contributed by atoms with E-state index in [2.05, 4.69) is 37.9 Å². The van der Waals surface area contributed by atoms with Gasteiger partial charge in [0.05, 0.1) is 0 Å². The van der Waals surface area contributed by atoms with Gasteiger partial charge in [0.15, 0.2) is 0 Å². The number of hydrogen-bond acceptors (Lipinski definition) is 1. The van der Waals surface area contributed by atoms with Gasteiger partial charge in [-0.05, 0) is 42.2 Å². The van der Waals surface area contributed by atoms with E-state index in [4.69, 9.17) is 0 Å². The average molecular weight is 189 g/mol. The third-order valence-electron chi connectivity index (χ3n) is 3.41. The highest BCUT2D eigenvalue weighted by Crippen LogP contribution is 2.36. The quantitative estimate of drug-likeness (QED) is 0.610. The maximum absolute atomic E-state index is 4.48. The Morgan fingerprint density at radius 1 is 1.36 bits per heavy atom. The van der Waals surface area contributed by atoms with Gasteiger partial charge in [-0.2, -0.15) is 0 Å². The van der Waals surface area contributed by atoms with Crippen molar-refractivity contribution in [1.82, 2.24) is 4.98 Å². The summed E-state index contributed by atoms with van der Waals surface area (Å²) in [6, 6.07) is 4.28. The molecule has 0 fully saturated rings. The topological polar surface area (TPSA) is 12.9 Å². The Bertz CT molecular complexity index is 322. The van der Waals surface area contributed by atoms with Gasteiger partial charge in [0.1, 0.15) is 0 Å². The zero-order chi connectivity index (χ0) is 10.2. The predicted octanol–water partition coefficient (Wildman–Crippen LogP) is 3.23. The van der Waals surface area contributed by atoms with Gasteiger partial charge in [-0.1, -0.05) is 26.8 Å². The minimum absolute atomic E-state index is 0.426. The second-order valence-electron chi connectivity index (χ2n) is 5.41. The van der Waals surface area contributed by atoms with Crippen LogP contribution in [0.25, 0.3) is 0 Å². The summed E-state index contributed by atoms with van der Waals surface area (Å²) in [7, 11) is 0. The monoisotopic (exact) mass is 189 g/mol. The standard InChI is InChI=1S/C13H19N/c1-13(2,3)11-7-6-10-5-4-8-14-12(10)9-11/h4-5,8,11H,6-7,9H2,1-3H3/t11-/m1/s1. The summed E-state index contributed by atoms with van der Waals surface area (Å²) in [5, 5.41) is 0. The first kappa shape index (κ1) is 9.70. The van der Waals surface area contributed by atoms with E-state index in [1.165, 1.54) is 30.5 Å². The molecule has 1 heterocycles. The lowest BCUT2D eigenvalue weighted by atomic mass is 9.72. The molecule has 0 saturated carbocycles. The lowest BCUT2D eigenvalue weighted by Crippen LogP contribution is -2.27. The highest BCUT2D eigenvalue weighted by molar-refractivity contribution is 5.23. The number of aryl methyl sites for hydroxylation is 1. The first-order chi connectivity index (χ1) is 6.57. The first-order valence-corrected chi connectivity index (χ1v) is 5.50. The Labute approximate surface area is 86.6 Å². The fourth-order valence-electron chi connectivity index (χ4n) is 2.29. The number of nitrogens with zero attached hydrogens (tertiary/aromatic N) is 1. The molecule has 1 aromatic rings. The van der Waals surface area contributed by atoms with Crippen molar-refractivity contribution in [2.45, 2.75) is 40.0 Å². The van der Waals surface area contributed by atoms with Crippen molar-refractivity contribution in [3.63, 3.8) is 0 Å². The van der Waals surface area contributed by atoms with Crippen LogP contribution < -0.4 is 0 Å². The highest BCUT2D eigenvalue weighted by Gasteiger charge is 2.28. The fourth-order valence-corrected chi connectivity index (χ4v) is 2.29. The molecule has 14 heavy (non-hydrogen) atoms. The minimum Gasteiger partial charge on any atom is -0.261 e. The SMILES string of the molecule is CC(C)(C)[C@@H]1CCc2cccnc2C1. The molecule has 1 aromatic heterocycles. The summed E-state index contributed by atoms with van der Waals surface area (Å²) in [5.74, 6) is 0.796. The summed E-state index contributed by atoms with van der Waals surface area (Å²) < 4.78 is 0. The van der Waals surface area contributed by atoms with Gasteiger partial charge < -0.3 is 0 Å². The number of aromatic nitrogens is 1. The smallest absolute Gasteiger partial charge is 0.0438 e. The summed E-state index contributed by atoms with van der Waals surface area (Å²) in [5.41, 5.74) is 3.22. The van der Waals surface area contributed by atoms with Crippen molar-refractivity contribution in [2.24, 2.45) is 11.3 Å². The number of rotatable bonds is 0. The molecule has 1 atom stereocenters. The third kappa shape index (κ3) is 1.82. The van der Waals surface area contributed by atoms with Crippen LogP contribution in [0.3, 0.4) is 0 Å². The average Bonchev–Trinajstić information content (AvgIpc) is 2.16. The molecule has 0 saturated heterocycles. The molecule has 76 valence electrons. The molecule has 0 bridgehead atoms. The van der Waals surface area contributed by atoms with Crippen LogP contribution in [0.5, 0.6) is 0 Å². The van der Waals surface area contributed by atoms with E-state index in [0.717, 1.165) is 5.92 Å². The van der Waals surface area contributed by atoms with Gasteiger partial charge >= 0.3 is 0 Å². The Balaban J connectivity index is 2.22. The van der Waals surface area contributed by atoms with Crippen molar-refractivity contribution in [3.05, 3.63) is 29.6 Å². The van der Waals surface area contributed by atoms with Gasteiger partial charge in [-0.25, -0.2) is 0 Å². The van der Waals surface area contributed by atoms with Crippen molar-refractivity contribution in [1.29, 1.82) is 0 Å². The largest absolute Gasteiger partial charge is 0.261 e. The van der Waals surface area contributed by atoms with Crippen LogP contribution >= 0.6 is 0 Å². The molecule has 1 heteroatoms. The van der Waals surface area contributed by atoms with Crippen LogP contribution in [-0.4, -0.2) is 4.98 Å². The Hall–Kier alpha value is -0.850. The maximum Gasteiger partial charge on any atom is 0.0438 e. The van der Waals surface area contributed by atoms with E-state index in [1.807, 2.05) is 6.20 Å². The van der Waals surface area contributed by atoms with E-state index in [0.29, 0.717) is 5.41 Å². The number of hydrogen-bond donors (Lipinski definition) is 0. The molecule has 0 aromatic carbocycles. The molecule has 0 radical (unpaired) electrons. The number of fused-ring (bicyclic) bond motifs is 1. The van der Waals surface area contributed by atoms with Crippen molar-refractivity contribution in [2.75, 3.05) is 0 Å². The summed E-state index contributed by atoms with van der Waals surface area (Å²) in [4.78, 5) is 4.48. The molecule has 0 N–H and O–H groups in total. The van der Waals surface area contributed by atoms with Crippen molar-refractivity contribution >= 4 is 0 Å². The second kappa shape index (κ2) is 3.38. The van der Waals surface area contributed by atoms with Crippen LogP contribution in [0.1, 0.15) is 38.4 Å². The van der Waals surface area contributed by atoms with Gasteiger partial charge in [-0.3, -0.25) is 4.98 Å². The Morgan fingerprint density at radius 2 is 2.14 bits per heavy atom. The normalized spacial score (nSPS) is 21.8. The first-order valence-electron chi connectivity index (χ1n) is 5.50.